The molecule has 1 aliphatic heterocycles. The smallest absolute Gasteiger partial charge is 0.407 e. The Morgan fingerprint density at radius 1 is 0.978 bits per heavy atom. The number of hydrogen-bond acceptors (Lipinski definition) is 6. The van der Waals surface area contributed by atoms with Gasteiger partial charge in [0.2, 0.25) is 5.91 Å². The summed E-state index contributed by atoms with van der Waals surface area (Å²) < 4.78 is 104. The predicted octanol–water partition coefficient (Wildman–Crippen LogP) is 4.92. The molecule has 3 aromatic carbocycles. The van der Waals surface area contributed by atoms with E-state index in [9.17, 15) is 40.3 Å². The molecule has 0 radical (unpaired) electrons. The first-order chi connectivity index (χ1) is 21.8. The van der Waals surface area contributed by atoms with Crippen LogP contribution in [0.1, 0.15) is 29.0 Å². The van der Waals surface area contributed by atoms with E-state index in [0.717, 1.165) is 24.3 Å². The van der Waals surface area contributed by atoms with Gasteiger partial charge in [0.25, 0.3) is 0 Å². The SMILES string of the molecule is N[C@H](C(=O)Nc1cccc(F)c1CC[C@@H]1CN[C@H](COC(=O)NCC(F)(F)F)CO1)[C@@H](c1ccc(F)cc1)c1cc(F)cc(F)c1. The Kier molecular flexibility index (Phi) is 11.6. The molecule has 1 heterocycles. The third-order valence-corrected chi connectivity index (χ3v) is 7.24. The van der Waals surface area contributed by atoms with Gasteiger partial charge >= 0.3 is 12.3 Å². The van der Waals surface area contributed by atoms with E-state index in [1.54, 1.807) is 5.32 Å². The monoisotopic (exact) mass is 656 g/mol. The van der Waals surface area contributed by atoms with Crippen molar-refractivity contribution in [2.45, 2.75) is 43.1 Å². The van der Waals surface area contributed by atoms with Gasteiger partial charge in [-0.05, 0) is 60.4 Å². The lowest BCUT2D eigenvalue weighted by Gasteiger charge is -2.30. The van der Waals surface area contributed by atoms with Crippen LogP contribution in [0, 0.1) is 23.3 Å². The van der Waals surface area contributed by atoms with Gasteiger partial charge < -0.3 is 31.2 Å². The van der Waals surface area contributed by atoms with Crippen LogP contribution in [0.4, 0.5) is 41.2 Å². The Bertz CT molecular complexity index is 1480. The molecule has 0 aromatic heterocycles. The summed E-state index contributed by atoms with van der Waals surface area (Å²) in [6.07, 6.45) is -5.79. The lowest BCUT2D eigenvalue weighted by molar-refractivity contribution is -0.124. The molecule has 15 heteroatoms. The number of carbonyl (C=O) groups is 2. The van der Waals surface area contributed by atoms with Crippen molar-refractivity contribution in [3.8, 4) is 0 Å². The van der Waals surface area contributed by atoms with Crippen molar-refractivity contribution in [3.63, 3.8) is 0 Å². The first-order valence-corrected chi connectivity index (χ1v) is 14.2. The number of rotatable bonds is 11. The summed E-state index contributed by atoms with van der Waals surface area (Å²) in [6.45, 7) is -1.42. The second-order valence-electron chi connectivity index (χ2n) is 10.7. The van der Waals surface area contributed by atoms with E-state index >= 15 is 0 Å². The number of halogens is 7. The number of benzene rings is 3. The van der Waals surface area contributed by atoms with Gasteiger partial charge in [0.15, 0.2) is 0 Å². The number of amides is 2. The summed E-state index contributed by atoms with van der Waals surface area (Å²) in [6, 6.07) is 9.81. The molecule has 0 saturated carbocycles. The molecule has 46 heavy (non-hydrogen) atoms. The lowest BCUT2D eigenvalue weighted by Crippen LogP contribution is -2.49. The van der Waals surface area contributed by atoms with Gasteiger partial charge in [-0.2, -0.15) is 13.2 Å². The van der Waals surface area contributed by atoms with E-state index in [1.165, 1.54) is 30.3 Å². The van der Waals surface area contributed by atoms with Crippen LogP contribution in [0.25, 0.3) is 0 Å². The van der Waals surface area contributed by atoms with Crippen molar-refractivity contribution in [1.29, 1.82) is 0 Å². The third kappa shape index (κ3) is 9.89. The Hall–Kier alpha value is -4.21. The highest BCUT2D eigenvalue weighted by Gasteiger charge is 2.31. The summed E-state index contributed by atoms with van der Waals surface area (Å²) in [5.74, 6) is -4.85. The zero-order valence-electron chi connectivity index (χ0n) is 24.2. The number of hydrogen-bond donors (Lipinski definition) is 4. The van der Waals surface area contributed by atoms with E-state index in [-0.39, 0.29) is 43.0 Å². The van der Waals surface area contributed by atoms with Crippen LogP contribution in [0.5, 0.6) is 0 Å². The summed E-state index contributed by atoms with van der Waals surface area (Å²) in [7, 11) is 0. The van der Waals surface area contributed by atoms with Crippen LogP contribution in [0.2, 0.25) is 0 Å². The van der Waals surface area contributed by atoms with Crippen LogP contribution in [0.15, 0.2) is 60.7 Å². The number of anilines is 1. The summed E-state index contributed by atoms with van der Waals surface area (Å²) in [5, 5.41) is 7.26. The normalized spacial score (nSPS) is 18.0. The minimum absolute atomic E-state index is 0.0406. The predicted molar refractivity (Wildman–Crippen MR) is 153 cm³/mol. The molecule has 4 rings (SSSR count). The maximum absolute atomic E-state index is 15.0. The first kappa shape index (κ1) is 34.7. The highest BCUT2D eigenvalue weighted by atomic mass is 19.4. The first-order valence-electron chi connectivity index (χ1n) is 14.2. The highest BCUT2D eigenvalue weighted by molar-refractivity contribution is 5.96. The van der Waals surface area contributed by atoms with E-state index in [0.29, 0.717) is 18.1 Å². The molecule has 1 fully saturated rings. The molecule has 0 spiro atoms. The van der Waals surface area contributed by atoms with E-state index in [4.69, 9.17) is 15.2 Å². The standard InChI is InChI=1S/C31H31F7N4O4/c32-19-6-4-17(5-7-19)27(18-10-20(33)12-21(34)11-18)28(39)29(43)42-26-3-1-2-25(35)24(26)9-8-23-13-40-22(14-45-23)15-46-30(44)41-16-31(36,37)38/h1-7,10-12,22-23,27-28,40H,8-9,13-16,39H2,(H,41,44)(H,42,43)/t22-,23+,27-,28-/m0/s1. The summed E-state index contributed by atoms with van der Waals surface area (Å²) in [4.78, 5) is 24.8. The van der Waals surface area contributed by atoms with Gasteiger partial charge in [-0.25, -0.2) is 22.4 Å². The fourth-order valence-electron chi connectivity index (χ4n) is 4.99. The third-order valence-electron chi connectivity index (χ3n) is 7.24. The highest BCUT2D eigenvalue weighted by Crippen LogP contribution is 2.30. The maximum atomic E-state index is 15.0. The van der Waals surface area contributed by atoms with Crippen molar-refractivity contribution in [2.24, 2.45) is 5.73 Å². The van der Waals surface area contributed by atoms with Crippen LogP contribution < -0.4 is 21.7 Å². The number of nitrogens with one attached hydrogen (secondary N) is 3. The van der Waals surface area contributed by atoms with Crippen LogP contribution in [-0.2, 0) is 20.7 Å². The molecular formula is C31H31F7N4O4. The summed E-state index contributed by atoms with van der Waals surface area (Å²) in [5.41, 5.74) is 6.95. The van der Waals surface area contributed by atoms with E-state index in [1.807, 2.05) is 0 Å². The summed E-state index contributed by atoms with van der Waals surface area (Å²) >= 11 is 0. The zero-order valence-corrected chi connectivity index (χ0v) is 24.2. The van der Waals surface area contributed by atoms with Crippen LogP contribution in [0.3, 0.4) is 0 Å². The maximum Gasteiger partial charge on any atom is 0.407 e. The van der Waals surface area contributed by atoms with Gasteiger partial charge in [-0.1, -0.05) is 18.2 Å². The molecule has 2 amide bonds. The van der Waals surface area contributed by atoms with Crippen molar-refractivity contribution in [1.82, 2.24) is 10.6 Å². The molecule has 248 valence electrons. The average molecular weight is 657 g/mol. The van der Waals surface area contributed by atoms with Crippen molar-refractivity contribution in [3.05, 3.63) is 101 Å². The number of carbonyl (C=O) groups excluding carboxylic acids is 2. The molecule has 5 N–H and O–H groups in total. The Labute approximate surface area is 259 Å². The number of morpholine rings is 1. The fraction of sp³-hybridized carbons (Fsp3) is 0.355. The molecule has 3 aromatic rings. The van der Waals surface area contributed by atoms with Crippen molar-refractivity contribution in [2.75, 3.05) is 31.6 Å². The number of nitrogens with two attached hydrogens (primary N) is 1. The molecular weight excluding hydrogens is 625 g/mol. The van der Waals surface area contributed by atoms with Crippen LogP contribution in [-0.4, -0.2) is 62.7 Å². The zero-order chi connectivity index (χ0) is 33.4. The molecule has 1 aliphatic rings. The van der Waals surface area contributed by atoms with Gasteiger partial charge in [0, 0.05) is 29.8 Å². The molecule has 8 nitrogen and oxygen atoms in total. The molecule has 4 atom stereocenters. The Morgan fingerprint density at radius 2 is 1.67 bits per heavy atom. The molecule has 1 saturated heterocycles. The minimum atomic E-state index is -4.57. The van der Waals surface area contributed by atoms with Gasteiger partial charge in [-0.3, -0.25) is 4.79 Å². The van der Waals surface area contributed by atoms with Crippen LogP contribution >= 0.6 is 0 Å². The van der Waals surface area contributed by atoms with Gasteiger partial charge in [-0.15, -0.1) is 0 Å². The minimum Gasteiger partial charge on any atom is -0.448 e. The number of alkyl carbamates (subject to hydrolysis) is 1. The Balaban J connectivity index is 1.37. The molecule has 0 unspecified atom stereocenters. The van der Waals surface area contributed by atoms with Crippen molar-refractivity contribution >= 4 is 17.7 Å². The topological polar surface area (TPSA) is 115 Å². The largest absolute Gasteiger partial charge is 0.448 e. The Morgan fingerprint density at radius 3 is 2.30 bits per heavy atom. The molecule has 0 bridgehead atoms. The lowest BCUT2D eigenvalue weighted by atomic mass is 9.84. The second-order valence-corrected chi connectivity index (χ2v) is 10.7. The molecule has 0 aliphatic carbocycles. The van der Waals surface area contributed by atoms with E-state index < -0.39 is 72.1 Å². The quantitative estimate of drug-likeness (QED) is 0.218. The number of alkyl halides is 3. The van der Waals surface area contributed by atoms with Gasteiger partial charge in [0.05, 0.1) is 24.8 Å². The average Bonchev–Trinajstić information content (AvgIpc) is 2.99. The fourth-order valence-corrected chi connectivity index (χ4v) is 4.99. The number of ether oxygens (including phenoxy) is 2. The van der Waals surface area contributed by atoms with E-state index in [2.05, 4.69) is 10.6 Å². The van der Waals surface area contributed by atoms with Crippen molar-refractivity contribution < 1.29 is 49.8 Å². The van der Waals surface area contributed by atoms with Gasteiger partial charge in [0.1, 0.15) is 36.4 Å². The second kappa shape index (κ2) is 15.4.